The van der Waals surface area contributed by atoms with Crippen molar-refractivity contribution in [2.45, 2.75) is 6.92 Å². The fourth-order valence-electron chi connectivity index (χ4n) is 2.20. The van der Waals surface area contributed by atoms with E-state index in [0.29, 0.717) is 11.4 Å². The molecule has 1 aromatic carbocycles. The van der Waals surface area contributed by atoms with E-state index in [2.05, 4.69) is 15.0 Å². The zero-order valence-corrected chi connectivity index (χ0v) is 10.2. The van der Waals surface area contributed by atoms with Crippen LogP contribution < -0.4 is 0 Å². The number of nitrogens with zero attached hydrogens (tertiary/aromatic N) is 2. The molecule has 5 heteroatoms. The van der Waals surface area contributed by atoms with Crippen molar-refractivity contribution in [3.05, 3.63) is 48.0 Å². The molecule has 0 atom stereocenters. The number of carboxylic acid groups (broad SMARTS) is 1. The summed E-state index contributed by atoms with van der Waals surface area (Å²) in [7, 11) is 0. The summed E-state index contributed by atoms with van der Waals surface area (Å²) in [6, 6.07) is 7.71. The molecule has 0 radical (unpaired) electrons. The molecule has 0 aliphatic carbocycles. The van der Waals surface area contributed by atoms with E-state index in [-0.39, 0.29) is 5.56 Å². The Labute approximate surface area is 109 Å². The lowest BCUT2D eigenvalue weighted by Gasteiger charge is -2.05. The van der Waals surface area contributed by atoms with Crippen LogP contribution in [0.25, 0.3) is 22.2 Å². The van der Waals surface area contributed by atoms with Gasteiger partial charge in [0.1, 0.15) is 11.9 Å². The standard InChI is InChI=1S/C14H11N3O2/c1-8-12(14(18)19)13(17-7-16-8)10-6-15-11-5-3-2-4-9(10)11/h2-7,15H,1H3,(H,18,19). The fourth-order valence-corrected chi connectivity index (χ4v) is 2.20. The molecule has 0 saturated carbocycles. The predicted molar refractivity (Wildman–Crippen MR) is 71.0 cm³/mol. The zero-order chi connectivity index (χ0) is 13.4. The number of aryl methyl sites for hydroxylation is 1. The Morgan fingerprint density at radius 3 is 2.84 bits per heavy atom. The van der Waals surface area contributed by atoms with Crippen molar-refractivity contribution in [2.75, 3.05) is 0 Å². The molecule has 5 nitrogen and oxygen atoms in total. The SMILES string of the molecule is Cc1ncnc(-c2c[nH]c3ccccc23)c1C(=O)O. The fraction of sp³-hybridized carbons (Fsp3) is 0.0714. The normalized spacial score (nSPS) is 10.8. The molecule has 0 unspecified atom stereocenters. The molecule has 0 bridgehead atoms. The smallest absolute Gasteiger partial charge is 0.339 e. The lowest BCUT2D eigenvalue weighted by atomic mass is 10.0. The van der Waals surface area contributed by atoms with E-state index in [1.54, 1.807) is 13.1 Å². The zero-order valence-electron chi connectivity index (χ0n) is 10.2. The number of hydrogen-bond donors (Lipinski definition) is 2. The molecule has 3 aromatic rings. The highest BCUT2D eigenvalue weighted by Crippen LogP contribution is 2.29. The van der Waals surface area contributed by atoms with Crippen LogP contribution in [0.5, 0.6) is 0 Å². The van der Waals surface area contributed by atoms with Crippen LogP contribution in [0.15, 0.2) is 36.8 Å². The van der Waals surface area contributed by atoms with Gasteiger partial charge in [-0.2, -0.15) is 0 Å². The second-order valence-corrected chi connectivity index (χ2v) is 4.24. The molecule has 0 fully saturated rings. The van der Waals surface area contributed by atoms with Crippen molar-refractivity contribution in [3.63, 3.8) is 0 Å². The van der Waals surface area contributed by atoms with Gasteiger partial charge in [-0.25, -0.2) is 14.8 Å². The van der Waals surface area contributed by atoms with Crippen molar-refractivity contribution in [1.29, 1.82) is 0 Å². The molecule has 94 valence electrons. The van der Waals surface area contributed by atoms with Gasteiger partial charge in [-0.15, -0.1) is 0 Å². The lowest BCUT2D eigenvalue weighted by Crippen LogP contribution is -2.06. The van der Waals surface area contributed by atoms with Gasteiger partial charge in [0.05, 0.1) is 11.4 Å². The number of fused-ring (bicyclic) bond motifs is 1. The average molecular weight is 253 g/mol. The molecule has 0 aliphatic rings. The highest BCUT2D eigenvalue weighted by Gasteiger charge is 2.19. The summed E-state index contributed by atoms with van der Waals surface area (Å²) in [5, 5.41) is 10.3. The van der Waals surface area contributed by atoms with Gasteiger partial charge < -0.3 is 10.1 Å². The molecular weight excluding hydrogens is 242 g/mol. The van der Waals surface area contributed by atoms with Gasteiger partial charge >= 0.3 is 5.97 Å². The van der Waals surface area contributed by atoms with Crippen molar-refractivity contribution < 1.29 is 9.90 Å². The quantitative estimate of drug-likeness (QED) is 0.735. The Morgan fingerprint density at radius 1 is 1.26 bits per heavy atom. The minimum atomic E-state index is -1.02. The Balaban J connectivity index is 2.33. The second kappa shape index (κ2) is 4.20. The molecule has 0 saturated heterocycles. The Bertz CT molecular complexity index is 777. The number of aromatic carboxylic acids is 1. The molecule has 19 heavy (non-hydrogen) atoms. The molecule has 2 N–H and O–H groups in total. The molecule has 0 amide bonds. The van der Waals surface area contributed by atoms with E-state index in [0.717, 1.165) is 16.5 Å². The first-order valence-electron chi connectivity index (χ1n) is 5.80. The number of benzene rings is 1. The highest BCUT2D eigenvalue weighted by atomic mass is 16.4. The van der Waals surface area contributed by atoms with Crippen molar-refractivity contribution >= 4 is 16.9 Å². The topological polar surface area (TPSA) is 78.9 Å². The number of aromatic amines is 1. The van der Waals surface area contributed by atoms with Gasteiger partial charge in [-0.05, 0) is 13.0 Å². The first kappa shape index (κ1) is 11.4. The maximum atomic E-state index is 11.4. The van der Waals surface area contributed by atoms with Crippen LogP contribution in [0.4, 0.5) is 0 Å². The molecule has 3 rings (SSSR count). The summed E-state index contributed by atoms with van der Waals surface area (Å²) in [6.45, 7) is 1.67. The van der Waals surface area contributed by atoms with Crippen molar-refractivity contribution in [1.82, 2.24) is 15.0 Å². The summed E-state index contributed by atoms with van der Waals surface area (Å²) < 4.78 is 0. The molecule has 0 spiro atoms. The van der Waals surface area contributed by atoms with Crippen LogP contribution in [-0.4, -0.2) is 26.0 Å². The third-order valence-electron chi connectivity index (χ3n) is 3.10. The number of carbonyl (C=O) groups is 1. The third kappa shape index (κ3) is 1.76. The summed E-state index contributed by atoms with van der Waals surface area (Å²) in [5.74, 6) is -1.02. The van der Waals surface area contributed by atoms with Crippen molar-refractivity contribution in [3.8, 4) is 11.3 Å². The van der Waals surface area contributed by atoms with Crippen LogP contribution in [0.1, 0.15) is 16.1 Å². The minimum Gasteiger partial charge on any atom is -0.478 e. The summed E-state index contributed by atoms with van der Waals surface area (Å²) in [6.07, 6.45) is 3.16. The van der Waals surface area contributed by atoms with Crippen LogP contribution in [-0.2, 0) is 0 Å². The average Bonchev–Trinajstić information content (AvgIpc) is 2.81. The molecule has 0 aliphatic heterocycles. The van der Waals surface area contributed by atoms with E-state index >= 15 is 0 Å². The number of hydrogen-bond acceptors (Lipinski definition) is 3. The number of carboxylic acids is 1. The molecular formula is C14H11N3O2. The van der Waals surface area contributed by atoms with Gasteiger partial charge in [0, 0.05) is 22.7 Å². The van der Waals surface area contributed by atoms with Gasteiger partial charge in [-0.3, -0.25) is 0 Å². The van der Waals surface area contributed by atoms with Gasteiger partial charge in [0.15, 0.2) is 0 Å². The first-order valence-corrected chi connectivity index (χ1v) is 5.80. The van der Waals surface area contributed by atoms with E-state index < -0.39 is 5.97 Å². The number of para-hydroxylation sites is 1. The summed E-state index contributed by atoms with van der Waals surface area (Å²) in [4.78, 5) is 22.6. The Hall–Kier alpha value is -2.69. The largest absolute Gasteiger partial charge is 0.478 e. The maximum absolute atomic E-state index is 11.4. The Kier molecular flexibility index (Phi) is 2.52. The van der Waals surface area contributed by atoms with Gasteiger partial charge in [-0.1, -0.05) is 18.2 Å². The monoisotopic (exact) mass is 253 g/mol. The van der Waals surface area contributed by atoms with Crippen LogP contribution in [0.3, 0.4) is 0 Å². The van der Waals surface area contributed by atoms with E-state index in [1.807, 2.05) is 24.3 Å². The van der Waals surface area contributed by atoms with Crippen LogP contribution in [0.2, 0.25) is 0 Å². The van der Waals surface area contributed by atoms with E-state index in [9.17, 15) is 9.90 Å². The lowest BCUT2D eigenvalue weighted by molar-refractivity contribution is 0.0696. The molecule has 2 heterocycles. The van der Waals surface area contributed by atoms with Gasteiger partial charge in [0.2, 0.25) is 0 Å². The van der Waals surface area contributed by atoms with Crippen LogP contribution >= 0.6 is 0 Å². The highest BCUT2D eigenvalue weighted by molar-refractivity contribution is 6.02. The number of nitrogens with one attached hydrogen (secondary N) is 1. The van der Waals surface area contributed by atoms with Crippen molar-refractivity contribution in [2.24, 2.45) is 0 Å². The minimum absolute atomic E-state index is 0.146. The number of rotatable bonds is 2. The summed E-state index contributed by atoms with van der Waals surface area (Å²) in [5.41, 5.74) is 2.77. The van der Waals surface area contributed by atoms with E-state index in [4.69, 9.17) is 0 Å². The number of H-pyrrole nitrogens is 1. The molecule has 2 aromatic heterocycles. The second-order valence-electron chi connectivity index (χ2n) is 4.24. The summed E-state index contributed by atoms with van der Waals surface area (Å²) >= 11 is 0. The van der Waals surface area contributed by atoms with Crippen LogP contribution in [0, 0.1) is 6.92 Å². The first-order chi connectivity index (χ1) is 9.18. The number of aromatic nitrogens is 3. The Morgan fingerprint density at radius 2 is 2.05 bits per heavy atom. The third-order valence-corrected chi connectivity index (χ3v) is 3.10. The van der Waals surface area contributed by atoms with Gasteiger partial charge in [0.25, 0.3) is 0 Å². The van der Waals surface area contributed by atoms with E-state index in [1.165, 1.54) is 6.33 Å². The predicted octanol–water partition coefficient (Wildman–Crippen LogP) is 2.63. The maximum Gasteiger partial charge on any atom is 0.339 e.